The van der Waals surface area contributed by atoms with Gasteiger partial charge in [-0.25, -0.2) is 4.79 Å². The minimum atomic E-state index is -0.272. The molecule has 156 valence electrons. The molecule has 1 fully saturated rings. The van der Waals surface area contributed by atoms with Crippen LogP contribution in [0.4, 0.5) is 4.79 Å². The fourth-order valence-corrected chi connectivity index (χ4v) is 3.26. The zero-order valence-electron chi connectivity index (χ0n) is 16.4. The van der Waals surface area contributed by atoms with Gasteiger partial charge in [0.15, 0.2) is 0 Å². The fraction of sp³-hybridized carbons (Fsp3) is 0.364. The Labute approximate surface area is 177 Å². The molecule has 2 amide bonds. The first-order chi connectivity index (χ1) is 13.7. The van der Waals surface area contributed by atoms with E-state index in [4.69, 9.17) is 10.5 Å². The van der Waals surface area contributed by atoms with E-state index in [1.807, 2.05) is 42.5 Å². The van der Waals surface area contributed by atoms with Crippen molar-refractivity contribution in [1.29, 1.82) is 0 Å². The number of hydrogen-bond donors (Lipinski definition) is 2. The van der Waals surface area contributed by atoms with Crippen molar-refractivity contribution in [3.8, 4) is 0 Å². The fourth-order valence-electron chi connectivity index (χ4n) is 3.26. The quantitative estimate of drug-likeness (QED) is 0.754. The van der Waals surface area contributed by atoms with Crippen molar-refractivity contribution < 1.29 is 14.3 Å². The van der Waals surface area contributed by atoms with Gasteiger partial charge in [0.1, 0.15) is 6.61 Å². The van der Waals surface area contributed by atoms with Gasteiger partial charge >= 0.3 is 6.09 Å². The highest BCUT2D eigenvalue weighted by atomic mass is 35.5. The van der Waals surface area contributed by atoms with Gasteiger partial charge in [0.05, 0.1) is 0 Å². The molecule has 2 aromatic rings. The van der Waals surface area contributed by atoms with E-state index in [0.29, 0.717) is 44.3 Å². The topological polar surface area (TPSA) is 84.7 Å². The molecular weight excluding hydrogens is 390 g/mol. The largest absolute Gasteiger partial charge is 0.445 e. The van der Waals surface area contributed by atoms with Crippen LogP contribution in [0, 0.1) is 5.92 Å². The lowest BCUT2D eigenvalue weighted by Gasteiger charge is -2.31. The number of nitrogens with two attached hydrogens (primary N) is 1. The Morgan fingerprint density at radius 1 is 1.00 bits per heavy atom. The van der Waals surface area contributed by atoms with Gasteiger partial charge in [0, 0.05) is 31.7 Å². The number of nitrogens with one attached hydrogen (secondary N) is 1. The van der Waals surface area contributed by atoms with E-state index < -0.39 is 0 Å². The Balaban J connectivity index is 0.00000300. The van der Waals surface area contributed by atoms with E-state index in [9.17, 15) is 9.59 Å². The Hall–Kier alpha value is -2.57. The molecule has 0 spiro atoms. The van der Waals surface area contributed by atoms with E-state index in [1.54, 1.807) is 17.0 Å². The molecule has 29 heavy (non-hydrogen) atoms. The number of piperidine rings is 1. The Morgan fingerprint density at radius 3 is 2.28 bits per heavy atom. The molecular formula is C22H28ClN3O3. The Morgan fingerprint density at radius 2 is 1.66 bits per heavy atom. The first-order valence-corrected chi connectivity index (χ1v) is 9.68. The second-order valence-electron chi connectivity index (χ2n) is 7.08. The molecule has 3 rings (SSSR count). The molecule has 0 unspecified atom stereocenters. The minimum absolute atomic E-state index is 0. The maximum atomic E-state index is 12.3. The molecule has 0 aliphatic carbocycles. The summed E-state index contributed by atoms with van der Waals surface area (Å²) in [7, 11) is 0. The molecule has 6 nitrogen and oxygen atoms in total. The lowest BCUT2D eigenvalue weighted by Crippen LogP contribution is -2.41. The molecule has 0 saturated carbocycles. The molecule has 1 aliphatic rings. The van der Waals surface area contributed by atoms with Crippen LogP contribution in [0.15, 0.2) is 54.6 Å². The molecule has 0 bridgehead atoms. The zero-order valence-corrected chi connectivity index (χ0v) is 17.2. The molecule has 0 atom stereocenters. The number of carbonyl (C=O) groups excluding carboxylic acids is 2. The van der Waals surface area contributed by atoms with Gasteiger partial charge < -0.3 is 20.7 Å². The summed E-state index contributed by atoms with van der Waals surface area (Å²) in [6, 6.07) is 17.0. The molecule has 1 heterocycles. The number of amides is 2. The number of nitrogens with zero attached hydrogens (tertiary/aromatic N) is 1. The number of likely N-dealkylation sites (tertiary alicyclic amines) is 1. The zero-order chi connectivity index (χ0) is 19.8. The summed E-state index contributed by atoms with van der Waals surface area (Å²) in [5.74, 6) is 0.290. The summed E-state index contributed by atoms with van der Waals surface area (Å²) < 4.78 is 5.39. The summed E-state index contributed by atoms with van der Waals surface area (Å²) in [5.41, 5.74) is 8.20. The van der Waals surface area contributed by atoms with Gasteiger partial charge in [-0.2, -0.15) is 0 Å². The van der Waals surface area contributed by atoms with Crippen molar-refractivity contribution >= 4 is 24.4 Å². The Bertz CT molecular complexity index is 776. The standard InChI is InChI=1S/C22H27N3O3.ClH/c23-14-17-6-8-20(9-7-17)21(26)24-15-18-10-12-25(13-11-18)22(27)28-16-19-4-2-1-3-5-19;/h1-9,18H,10-16,23H2,(H,24,26);1H. The van der Waals surface area contributed by atoms with E-state index in [1.165, 1.54) is 0 Å². The monoisotopic (exact) mass is 417 g/mol. The number of halogens is 1. The van der Waals surface area contributed by atoms with E-state index in [-0.39, 0.29) is 24.4 Å². The number of ether oxygens (including phenoxy) is 1. The highest BCUT2D eigenvalue weighted by Crippen LogP contribution is 2.18. The average Bonchev–Trinajstić information content (AvgIpc) is 2.77. The van der Waals surface area contributed by atoms with Crippen molar-refractivity contribution in [3.63, 3.8) is 0 Å². The molecule has 0 radical (unpaired) electrons. The number of benzene rings is 2. The summed E-state index contributed by atoms with van der Waals surface area (Å²) in [5, 5.41) is 2.99. The number of carbonyl (C=O) groups is 2. The smallest absolute Gasteiger partial charge is 0.410 e. The number of rotatable bonds is 6. The van der Waals surface area contributed by atoms with Crippen molar-refractivity contribution in [3.05, 3.63) is 71.3 Å². The summed E-state index contributed by atoms with van der Waals surface area (Å²) >= 11 is 0. The van der Waals surface area contributed by atoms with Gasteiger partial charge in [-0.1, -0.05) is 42.5 Å². The summed E-state index contributed by atoms with van der Waals surface area (Å²) in [4.78, 5) is 26.2. The lowest BCUT2D eigenvalue weighted by atomic mass is 9.97. The lowest BCUT2D eigenvalue weighted by molar-refractivity contribution is 0.0801. The van der Waals surface area contributed by atoms with E-state index in [2.05, 4.69) is 5.32 Å². The van der Waals surface area contributed by atoms with Crippen molar-refractivity contribution in [2.24, 2.45) is 11.7 Å². The second-order valence-corrected chi connectivity index (χ2v) is 7.08. The molecule has 1 saturated heterocycles. The van der Waals surface area contributed by atoms with Crippen molar-refractivity contribution in [2.75, 3.05) is 19.6 Å². The number of hydrogen-bond acceptors (Lipinski definition) is 4. The van der Waals surface area contributed by atoms with Crippen LogP contribution in [-0.2, 0) is 17.9 Å². The summed E-state index contributed by atoms with van der Waals surface area (Å²) in [6.07, 6.45) is 1.44. The van der Waals surface area contributed by atoms with E-state index in [0.717, 1.165) is 24.0 Å². The van der Waals surface area contributed by atoms with Crippen LogP contribution in [0.25, 0.3) is 0 Å². The maximum absolute atomic E-state index is 12.3. The van der Waals surface area contributed by atoms with E-state index >= 15 is 0 Å². The van der Waals surface area contributed by atoms with Crippen LogP contribution in [0.1, 0.15) is 34.3 Å². The average molecular weight is 418 g/mol. The molecule has 3 N–H and O–H groups in total. The first kappa shape index (κ1) is 22.7. The van der Waals surface area contributed by atoms with Crippen LogP contribution in [-0.4, -0.2) is 36.5 Å². The third-order valence-corrected chi connectivity index (χ3v) is 5.08. The molecule has 7 heteroatoms. The van der Waals surface area contributed by atoms with Crippen LogP contribution < -0.4 is 11.1 Å². The summed E-state index contributed by atoms with van der Waals surface area (Å²) in [6.45, 7) is 2.68. The Kier molecular flexibility index (Phi) is 8.96. The van der Waals surface area contributed by atoms with Crippen LogP contribution >= 0.6 is 12.4 Å². The minimum Gasteiger partial charge on any atom is -0.445 e. The highest BCUT2D eigenvalue weighted by Gasteiger charge is 2.24. The van der Waals surface area contributed by atoms with Crippen LogP contribution in [0.5, 0.6) is 0 Å². The molecule has 1 aliphatic heterocycles. The molecule has 0 aromatic heterocycles. The second kappa shape index (κ2) is 11.4. The van der Waals surface area contributed by atoms with Gasteiger partial charge in [0.2, 0.25) is 0 Å². The first-order valence-electron chi connectivity index (χ1n) is 9.68. The van der Waals surface area contributed by atoms with Gasteiger partial charge in [-0.05, 0) is 42.0 Å². The third kappa shape index (κ3) is 6.76. The molecule has 2 aromatic carbocycles. The van der Waals surface area contributed by atoms with Gasteiger partial charge in [-0.3, -0.25) is 4.79 Å². The predicted octanol–water partition coefficient (Wildman–Crippen LogP) is 3.35. The normalized spacial score (nSPS) is 14.0. The van der Waals surface area contributed by atoms with Crippen molar-refractivity contribution in [1.82, 2.24) is 10.2 Å². The van der Waals surface area contributed by atoms with Gasteiger partial charge in [-0.15, -0.1) is 12.4 Å². The highest BCUT2D eigenvalue weighted by molar-refractivity contribution is 5.94. The predicted molar refractivity (Wildman–Crippen MR) is 115 cm³/mol. The van der Waals surface area contributed by atoms with Gasteiger partial charge in [0.25, 0.3) is 5.91 Å². The third-order valence-electron chi connectivity index (χ3n) is 5.08. The SMILES string of the molecule is Cl.NCc1ccc(C(=O)NCC2CCN(C(=O)OCc3ccccc3)CC2)cc1. The maximum Gasteiger partial charge on any atom is 0.410 e. The van der Waals surface area contributed by atoms with Crippen LogP contribution in [0.3, 0.4) is 0 Å². The van der Waals surface area contributed by atoms with Crippen LogP contribution in [0.2, 0.25) is 0 Å². The van der Waals surface area contributed by atoms with Crippen molar-refractivity contribution in [2.45, 2.75) is 26.0 Å².